The van der Waals surface area contributed by atoms with Crippen molar-refractivity contribution in [1.29, 1.82) is 5.26 Å². The first-order valence-electron chi connectivity index (χ1n) is 5.04. The molecule has 5 heteroatoms. The second-order valence-corrected chi connectivity index (χ2v) is 3.04. The number of ether oxygens (including phenoxy) is 2. The van der Waals surface area contributed by atoms with Crippen LogP contribution < -0.4 is 5.32 Å². The highest BCUT2D eigenvalue weighted by Crippen LogP contribution is 2.09. The lowest BCUT2D eigenvalue weighted by atomic mass is 10.3. The first kappa shape index (κ1) is 12.4. The summed E-state index contributed by atoms with van der Waals surface area (Å²) in [6, 6.07) is 5.63. The summed E-state index contributed by atoms with van der Waals surface area (Å²) in [6.45, 7) is 2.39. The summed E-state index contributed by atoms with van der Waals surface area (Å²) in [6.07, 6.45) is 1.60. The van der Waals surface area contributed by atoms with Gasteiger partial charge in [0.15, 0.2) is 5.69 Å². The van der Waals surface area contributed by atoms with Crippen LogP contribution in [-0.4, -0.2) is 38.5 Å². The summed E-state index contributed by atoms with van der Waals surface area (Å²) in [5.41, 5.74) is 1.14. The molecule has 1 aromatic rings. The molecule has 1 heterocycles. The average molecular weight is 221 g/mol. The van der Waals surface area contributed by atoms with Crippen molar-refractivity contribution in [1.82, 2.24) is 4.98 Å². The molecule has 0 unspecified atom stereocenters. The van der Waals surface area contributed by atoms with Gasteiger partial charge in [0.25, 0.3) is 0 Å². The number of nitrogens with zero attached hydrogens (tertiary/aromatic N) is 2. The number of hydrogen-bond donors (Lipinski definition) is 1. The maximum absolute atomic E-state index is 8.79. The van der Waals surface area contributed by atoms with Gasteiger partial charge in [-0.1, -0.05) is 0 Å². The van der Waals surface area contributed by atoms with Crippen molar-refractivity contribution in [2.75, 3.05) is 38.8 Å². The number of aromatic nitrogens is 1. The fourth-order valence-electron chi connectivity index (χ4n) is 1.14. The van der Waals surface area contributed by atoms with E-state index >= 15 is 0 Å². The number of anilines is 1. The highest BCUT2D eigenvalue weighted by atomic mass is 16.5. The van der Waals surface area contributed by atoms with Gasteiger partial charge in [0.2, 0.25) is 0 Å². The Morgan fingerprint density at radius 1 is 1.44 bits per heavy atom. The van der Waals surface area contributed by atoms with Crippen LogP contribution in [0, 0.1) is 11.3 Å². The van der Waals surface area contributed by atoms with Crippen molar-refractivity contribution in [3.63, 3.8) is 0 Å². The van der Waals surface area contributed by atoms with Crippen LogP contribution in [0.25, 0.3) is 0 Å². The number of rotatable bonds is 7. The molecule has 0 fully saturated rings. The molecule has 0 saturated heterocycles. The molecular formula is C11H15N3O2. The Labute approximate surface area is 95.0 Å². The van der Waals surface area contributed by atoms with Gasteiger partial charge in [0, 0.05) is 19.9 Å². The number of methoxy groups -OCH3 is 1. The molecule has 0 spiro atoms. The SMILES string of the molecule is COCCOCCNc1cccnc1C#N. The molecule has 0 aromatic carbocycles. The van der Waals surface area contributed by atoms with E-state index in [1.807, 2.05) is 12.1 Å². The Balaban J connectivity index is 2.24. The fourth-order valence-corrected chi connectivity index (χ4v) is 1.14. The van der Waals surface area contributed by atoms with Gasteiger partial charge in [-0.2, -0.15) is 5.26 Å². The lowest BCUT2D eigenvalue weighted by Gasteiger charge is -2.07. The maximum Gasteiger partial charge on any atom is 0.163 e. The minimum Gasteiger partial charge on any atom is -0.382 e. The van der Waals surface area contributed by atoms with E-state index in [0.29, 0.717) is 32.1 Å². The number of nitrogens with one attached hydrogen (secondary N) is 1. The largest absolute Gasteiger partial charge is 0.382 e. The van der Waals surface area contributed by atoms with E-state index in [1.165, 1.54) is 0 Å². The van der Waals surface area contributed by atoms with E-state index in [2.05, 4.69) is 10.3 Å². The summed E-state index contributed by atoms with van der Waals surface area (Å²) >= 11 is 0. The topological polar surface area (TPSA) is 67.2 Å². The van der Waals surface area contributed by atoms with Crippen LogP contribution in [-0.2, 0) is 9.47 Å². The molecule has 0 aliphatic rings. The van der Waals surface area contributed by atoms with Gasteiger partial charge in [-0.25, -0.2) is 4.98 Å². The molecule has 0 bridgehead atoms. The Bertz CT molecular complexity index is 349. The number of nitriles is 1. The van der Waals surface area contributed by atoms with Crippen molar-refractivity contribution in [3.8, 4) is 6.07 Å². The van der Waals surface area contributed by atoms with Gasteiger partial charge in [0.1, 0.15) is 6.07 Å². The highest BCUT2D eigenvalue weighted by Gasteiger charge is 2.00. The Hall–Kier alpha value is -1.64. The summed E-state index contributed by atoms with van der Waals surface area (Å²) < 4.78 is 10.1. The third kappa shape index (κ3) is 4.26. The number of hydrogen-bond acceptors (Lipinski definition) is 5. The van der Waals surface area contributed by atoms with Crippen molar-refractivity contribution in [2.24, 2.45) is 0 Å². The molecular weight excluding hydrogens is 206 g/mol. The van der Waals surface area contributed by atoms with Crippen molar-refractivity contribution >= 4 is 5.69 Å². The third-order valence-electron chi connectivity index (χ3n) is 1.91. The zero-order valence-electron chi connectivity index (χ0n) is 9.27. The highest BCUT2D eigenvalue weighted by molar-refractivity contribution is 5.53. The molecule has 0 aliphatic heterocycles. The zero-order chi connectivity index (χ0) is 11.6. The first-order valence-corrected chi connectivity index (χ1v) is 5.04. The molecule has 86 valence electrons. The predicted molar refractivity (Wildman–Crippen MR) is 60.1 cm³/mol. The maximum atomic E-state index is 8.79. The van der Waals surface area contributed by atoms with Crippen LogP contribution in [0.3, 0.4) is 0 Å². The normalized spacial score (nSPS) is 9.75. The average Bonchev–Trinajstić information content (AvgIpc) is 2.34. The van der Waals surface area contributed by atoms with Gasteiger partial charge in [-0.05, 0) is 12.1 Å². The van der Waals surface area contributed by atoms with E-state index in [-0.39, 0.29) is 0 Å². The molecule has 5 nitrogen and oxygen atoms in total. The lowest BCUT2D eigenvalue weighted by molar-refractivity contribution is 0.0759. The summed E-state index contributed by atoms with van der Waals surface area (Å²) in [7, 11) is 1.64. The fraction of sp³-hybridized carbons (Fsp3) is 0.455. The van der Waals surface area contributed by atoms with Gasteiger partial charge in [-0.15, -0.1) is 0 Å². The second-order valence-electron chi connectivity index (χ2n) is 3.04. The number of pyridine rings is 1. The third-order valence-corrected chi connectivity index (χ3v) is 1.91. The standard InChI is InChI=1S/C11H15N3O2/c1-15-7-8-16-6-5-14-10-3-2-4-13-11(10)9-12/h2-4,14H,5-8H2,1H3. The first-order chi connectivity index (χ1) is 7.88. The van der Waals surface area contributed by atoms with E-state index in [4.69, 9.17) is 14.7 Å². The second kappa shape index (κ2) is 7.63. The lowest BCUT2D eigenvalue weighted by Crippen LogP contribution is -2.12. The minimum absolute atomic E-state index is 0.402. The van der Waals surface area contributed by atoms with E-state index in [1.54, 1.807) is 19.4 Å². The van der Waals surface area contributed by atoms with E-state index in [0.717, 1.165) is 5.69 Å². The smallest absolute Gasteiger partial charge is 0.163 e. The molecule has 0 amide bonds. The Kier molecular flexibility index (Phi) is 5.92. The van der Waals surface area contributed by atoms with Crippen LogP contribution in [0.15, 0.2) is 18.3 Å². The molecule has 0 radical (unpaired) electrons. The summed E-state index contributed by atoms with van der Waals surface area (Å²) in [5.74, 6) is 0. The molecule has 1 N–H and O–H groups in total. The monoisotopic (exact) mass is 221 g/mol. The molecule has 0 aliphatic carbocycles. The molecule has 0 saturated carbocycles. The Morgan fingerprint density at radius 3 is 3.06 bits per heavy atom. The van der Waals surface area contributed by atoms with E-state index in [9.17, 15) is 0 Å². The molecule has 0 atom stereocenters. The molecule has 1 rings (SSSR count). The predicted octanol–water partition coefficient (Wildman–Crippen LogP) is 1.03. The molecule has 16 heavy (non-hydrogen) atoms. The van der Waals surface area contributed by atoms with Crippen LogP contribution in [0.2, 0.25) is 0 Å². The minimum atomic E-state index is 0.402. The quantitative estimate of drug-likeness (QED) is 0.696. The zero-order valence-corrected chi connectivity index (χ0v) is 9.27. The van der Waals surface area contributed by atoms with Crippen LogP contribution in [0.1, 0.15) is 5.69 Å². The van der Waals surface area contributed by atoms with Crippen molar-refractivity contribution in [2.45, 2.75) is 0 Å². The van der Waals surface area contributed by atoms with Crippen molar-refractivity contribution in [3.05, 3.63) is 24.0 Å². The summed E-state index contributed by atoms with van der Waals surface area (Å²) in [4.78, 5) is 3.94. The Morgan fingerprint density at radius 2 is 2.31 bits per heavy atom. The van der Waals surface area contributed by atoms with Crippen LogP contribution >= 0.6 is 0 Å². The van der Waals surface area contributed by atoms with Gasteiger partial charge < -0.3 is 14.8 Å². The molecule has 1 aromatic heterocycles. The van der Waals surface area contributed by atoms with Gasteiger partial charge in [-0.3, -0.25) is 0 Å². The van der Waals surface area contributed by atoms with Crippen LogP contribution in [0.4, 0.5) is 5.69 Å². The van der Waals surface area contributed by atoms with Gasteiger partial charge >= 0.3 is 0 Å². The van der Waals surface area contributed by atoms with Crippen LogP contribution in [0.5, 0.6) is 0 Å². The van der Waals surface area contributed by atoms with E-state index < -0.39 is 0 Å². The van der Waals surface area contributed by atoms with Gasteiger partial charge in [0.05, 0.1) is 25.5 Å². The summed E-state index contributed by atoms with van der Waals surface area (Å²) in [5, 5.41) is 11.9. The van der Waals surface area contributed by atoms with Crippen molar-refractivity contribution < 1.29 is 9.47 Å².